The Morgan fingerprint density at radius 2 is 1.83 bits per heavy atom. The van der Waals surface area contributed by atoms with E-state index in [1.165, 1.54) is 13.2 Å². The standard InChI is InChI=1S/C17H14FN3O2/c1-10-7-8-11(9-12(10)18)19-16(22)15-17(23-2)21-14-6-4-3-5-13(14)20-15/h3-9H,1-2H3,(H,19,22). The van der Waals surface area contributed by atoms with Gasteiger partial charge in [0.2, 0.25) is 5.88 Å². The predicted octanol–water partition coefficient (Wildman–Crippen LogP) is 3.34. The lowest BCUT2D eigenvalue weighted by molar-refractivity contribution is 0.101. The topological polar surface area (TPSA) is 64.1 Å². The van der Waals surface area contributed by atoms with Crippen LogP contribution in [0.25, 0.3) is 11.0 Å². The average molecular weight is 311 g/mol. The number of carbonyl (C=O) groups excluding carboxylic acids is 1. The minimum absolute atomic E-state index is 0.0483. The zero-order valence-corrected chi connectivity index (χ0v) is 12.6. The molecular weight excluding hydrogens is 297 g/mol. The van der Waals surface area contributed by atoms with Crippen LogP contribution in [0.15, 0.2) is 42.5 Å². The first-order valence-electron chi connectivity index (χ1n) is 6.97. The van der Waals surface area contributed by atoms with Crippen molar-refractivity contribution in [3.8, 4) is 5.88 Å². The molecule has 1 aromatic heterocycles. The fraction of sp³-hybridized carbons (Fsp3) is 0.118. The number of rotatable bonds is 3. The lowest BCUT2D eigenvalue weighted by Crippen LogP contribution is -2.16. The van der Waals surface area contributed by atoms with Gasteiger partial charge in [-0.1, -0.05) is 18.2 Å². The highest BCUT2D eigenvalue weighted by Gasteiger charge is 2.17. The first-order valence-corrected chi connectivity index (χ1v) is 6.97. The van der Waals surface area contributed by atoms with Crippen LogP contribution in [0.3, 0.4) is 0 Å². The summed E-state index contributed by atoms with van der Waals surface area (Å²) in [4.78, 5) is 21.0. The van der Waals surface area contributed by atoms with Crippen molar-refractivity contribution in [2.75, 3.05) is 12.4 Å². The van der Waals surface area contributed by atoms with Crippen molar-refractivity contribution in [3.05, 3.63) is 59.5 Å². The quantitative estimate of drug-likeness (QED) is 0.806. The molecule has 1 N–H and O–H groups in total. The van der Waals surface area contributed by atoms with Gasteiger partial charge in [0.05, 0.1) is 18.1 Å². The first kappa shape index (κ1) is 14.9. The number of amides is 1. The lowest BCUT2D eigenvalue weighted by atomic mass is 10.2. The number of halogens is 1. The SMILES string of the molecule is COc1nc2ccccc2nc1C(=O)Nc1ccc(C)c(F)c1. The Morgan fingerprint density at radius 3 is 2.48 bits per heavy atom. The van der Waals surface area contributed by atoms with Gasteiger partial charge < -0.3 is 10.1 Å². The van der Waals surface area contributed by atoms with E-state index in [0.29, 0.717) is 22.3 Å². The second kappa shape index (κ2) is 6.00. The number of fused-ring (bicyclic) bond motifs is 1. The van der Waals surface area contributed by atoms with Crippen LogP contribution in [-0.2, 0) is 0 Å². The molecule has 0 fully saturated rings. The van der Waals surface area contributed by atoms with E-state index in [1.807, 2.05) is 6.07 Å². The van der Waals surface area contributed by atoms with E-state index in [0.717, 1.165) is 0 Å². The Labute approximate surface area is 132 Å². The fourth-order valence-corrected chi connectivity index (χ4v) is 2.13. The fourth-order valence-electron chi connectivity index (χ4n) is 2.13. The Morgan fingerprint density at radius 1 is 1.13 bits per heavy atom. The molecule has 3 rings (SSSR count). The molecule has 0 aliphatic rings. The Bertz CT molecular complexity index is 896. The number of ether oxygens (including phenoxy) is 1. The minimum atomic E-state index is -0.511. The summed E-state index contributed by atoms with van der Waals surface area (Å²) < 4.78 is 18.7. The number of methoxy groups -OCH3 is 1. The number of hydrogen-bond acceptors (Lipinski definition) is 4. The van der Waals surface area contributed by atoms with Crippen LogP contribution in [0.4, 0.5) is 10.1 Å². The summed E-state index contributed by atoms with van der Waals surface area (Å²) in [5, 5.41) is 2.60. The zero-order chi connectivity index (χ0) is 16.4. The maximum absolute atomic E-state index is 13.6. The van der Waals surface area contributed by atoms with Crippen molar-refractivity contribution in [1.29, 1.82) is 0 Å². The highest BCUT2D eigenvalue weighted by Crippen LogP contribution is 2.20. The van der Waals surface area contributed by atoms with Gasteiger partial charge in [0.1, 0.15) is 5.82 Å². The Kier molecular flexibility index (Phi) is 3.89. The summed E-state index contributed by atoms with van der Waals surface area (Å²) in [5.74, 6) is -0.781. The number of aryl methyl sites for hydroxylation is 1. The van der Waals surface area contributed by atoms with Gasteiger partial charge in [0, 0.05) is 5.69 Å². The summed E-state index contributed by atoms with van der Waals surface area (Å²) in [6.07, 6.45) is 0. The Balaban J connectivity index is 1.97. The van der Waals surface area contributed by atoms with E-state index >= 15 is 0 Å². The van der Waals surface area contributed by atoms with Crippen molar-refractivity contribution in [2.24, 2.45) is 0 Å². The van der Waals surface area contributed by atoms with E-state index in [9.17, 15) is 9.18 Å². The van der Waals surface area contributed by atoms with Gasteiger partial charge in [-0.05, 0) is 36.8 Å². The highest BCUT2D eigenvalue weighted by atomic mass is 19.1. The third-order valence-corrected chi connectivity index (χ3v) is 3.38. The molecule has 0 aliphatic carbocycles. The van der Waals surface area contributed by atoms with Crippen molar-refractivity contribution >= 4 is 22.6 Å². The number of nitrogens with one attached hydrogen (secondary N) is 1. The summed E-state index contributed by atoms with van der Waals surface area (Å²) in [6.45, 7) is 1.65. The van der Waals surface area contributed by atoms with Crippen molar-refractivity contribution in [3.63, 3.8) is 0 Å². The molecule has 2 aromatic carbocycles. The second-order valence-electron chi connectivity index (χ2n) is 4.99. The normalized spacial score (nSPS) is 10.6. The molecule has 0 atom stereocenters. The van der Waals surface area contributed by atoms with Crippen LogP contribution in [0, 0.1) is 12.7 Å². The van der Waals surface area contributed by atoms with E-state index in [2.05, 4.69) is 15.3 Å². The van der Waals surface area contributed by atoms with Crippen LogP contribution in [0.1, 0.15) is 16.1 Å². The first-order chi connectivity index (χ1) is 11.1. The number of benzene rings is 2. The van der Waals surface area contributed by atoms with Crippen molar-refractivity contribution in [1.82, 2.24) is 9.97 Å². The van der Waals surface area contributed by atoms with Crippen LogP contribution >= 0.6 is 0 Å². The zero-order valence-electron chi connectivity index (χ0n) is 12.6. The molecular formula is C17H14FN3O2. The number of para-hydroxylation sites is 2. The second-order valence-corrected chi connectivity index (χ2v) is 4.99. The van der Waals surface area contributed by atoms with Gasteiger partial charge in [-0.2, -0.15) is 0 Å². The van der Waals surface area contributed by atoms with E-state index in [-0.39, 0.29) is 17.4 Å². The van der Waals surface area contributed by atoms with Crippen LogP contribution in [0.2, 0.25) is 0 Å². The molecule has 116 valence electrons. The van der Waals surface area contributed by atoms with Gasteiger partial charge in [-0.3, -0.25) is 4.79 Å². The average Bonchev–Trinajstić information content (AvgIpc) is 2.57. The minimum Gasteiger partial charge on any atom is -0.479 e. The van der Waals surface area contributed by atoms with Gasteiger partial charge in [0.15, 0.2) is 5.69 Å². The smallest absolute Gasteiger partial charge is 0.279 e. The van der Waals surface area contributed by atoms with Crippen LogP contribution in [-0.4, -0.2) is 23.0 Å². The van der Waals surface area contributed by atoms with Crippen LogP contribution in [0.5, 0.6) is 5.88 Å². The van der Waals surface area contributed by atoms with E-state index < -0.39 is 5.91 Å². The summed E-state index contributed by atoms with van der Waals surface area (Å²) in [5.41, 5.74) is 2.10. The molecule has 0 bridgehead atoms. The molecule has 0 unspecified atom stereocenters. The summed E-state index contributed by atoms with van der Waals surface area (Å²) in [6, 6.07) is 11.6. The largest absolute Gasteiger partial charge is 0.479 e. The van der Waals surface area contributed by atoms with Gasteiger partial charge in [0.25, 0.3) is 5.91 Å². The molecule has 0 aliphatic heterocycles. The molecule has 0 saturated carbocycles. The van der Waals surface area contributed by atoms with Crippen LogP contribution < -0.4 is 10.1 Å². The van der Waals surface area contributed by atoms with Crippen molar-refractivity contribution in [2.45, 2.75) is 6.92 Å². The molecule has 6 heteroatoms. The molecule has 3 aromatic rings. The number of anilines is 1. The molecule has 5 nitrogen and oxygen atoms in total. The molecule has 0 radical (unpaired) electrons. The maximum atomic E-state index is 13.6. The molecule has 1 amide bonds. The lowest BCUT2D eigenvalue weighted by Gasteiger charge is -2.09. The maximum Gasteiger partial charge on any atom is 0.279 e. The number of nitrogens with zero attached hydrogens (tertiary/aromatic N) is 2. The summed E-state index contributed by atoms with van der Waals surface area (Å²) in [7, 11) is 1.42. The predicted molar refractivity (Wildman–Crippen MR) is 85.2 cm³/mol. The number of carbonyl (C=O) groups is 1. The number of aromatic nitrogens is 2. The van der Waals surface area contributed by atoms with Crippen molar-refractivity contribution < 1.29 is 13.9 Å². The van der Waals surface area contributed by atoms with E-state index in [4.69, 9.17) is 4.74 Å². The van der Waals surface area contributed by atoms with E-state index in [1.54, 1.807) is 37.3 Å². The molecule has 1 heterocycles. The monoisotopic (exact) mass is 311 g/mol. The molecule has 0 spiro atoms. The third-order valence-electron chi connectivity index (χ3n) is 3.38. The number of hydrogen-bond donors (Lipinski definition) is 1. The Hall–Kier alpha value is -3.02. The van der Waals surface area contributed by atoms with Gasteiger partial charge in [-0.15, -0.1) is 0 Å². The van der Waals surface area contributed by atoms with Gasteiger partial charge in [-0.25, -0.2) is 14.4 Å². The highest BCUT2D eigenvalue weighted by molar-refractivity contribution is 6.05. The molecule has 0 saturated heterocycles. The summed E-state index contributed by atoms with van der Waals surface area (Å²) >= 11 is 0. The third kappa shape index (κ3) is 2.96. The van der Waals surface area contributed by atoms with Gasteiger partial charge >= 0.3 is 0 Å². The molecule has 23 heavy (non-hydrogen) atoms.